The van der Waals surface area contributed by atoms with Gasteiger partial charge in [-0.05, 0) is 50.2 Å². The molecule has 0 N–H and O–H groups in total. The molecule has 2 heterocycles. The van der Waals surface area contributed by atoms with Crippen molar-refractivity contribution in [2.24, 2.45) is 5.10 Å². The number of esters is 1. The first-order chi connectivity index (χ1) is 18.8. The molecule has 0 aliphatic carbocycles. The molecule has 0 aliphatic heterocycles. The van der Waals surface area contributed by atoms with E-state index >= 15 is 0 Å². The van der Waals surface area contributed by atoms with E-state index < -0.39 is 5.97 Å². The van der Waals surface area contributed by atoms with E-state index in [0.717, 1.165) is 5.39 Å². The van der Waals surface area contributed by atoms with Crippen molar-refractivity contribution < 1.29 is 23.4 Å². The number of carbonyl (C=O) groups is 1. The van der Waals surface area contributed by atoms with Gasteiger partial charge < -0.3 is 18.6 Å². The van der Waals surface area contributed by atoms with Gasteiger partial charge in [0.25, 0.3) is 5.56 Å². The van der Waals surface area contributed by atoms with Crippen LogP contribution in [0.4, 0.5) is 0 Å². The van der Waals surface area contributed by atoms with E-state index in [-0.39, 0.29) is 29.8 Å². The SMILES string of the molecule is COc1cc(Br)cc(C=Nn2c(-c3cc4ccccc4o3)nc3ccccc3c2=O)c1OCC(=O)OC(C)C. The van der Waals surface area contributed by atoms with Crippen LogP contribution in [0.3, 0.4) is 0 Å². The summed E-state index contributed by atoms with van der Waals surface area (Å²) >= 11 is 3.46. The minimum absolute atomic E-state index is 0.232. The van der Waals surface area contributed by atoms with Crippen LogP contribution in [0.1, 0.15) is 19.4 Å². The molecule has 2 aromatic heterocycles. The fraction of sp³-hybridized carbons (Fsp3) is 0.172. The van der Waals surface area contributed by atoms with Crippen LogP contribution in [0, 0.1) is 0 Å². The average molecular weight is 590 g/mol. The smallest absolute Gasteiger partial charge is 0.344 e. The highest BCUT2D eigenvalue weighted by Gasteiger charge is 2.18. The summed E-state index contributed by atoms with van der Waals surface area (Å²) in [7, 11) is 1.49. The van der Waals surface area contributed by atoms with Gasteiger partial charge in [-0.15, -0.1) is 0 Å². The second-order valence-electron chi connectivity index (χ2n) is 8.82. The number of methoxy groups -OCH3 is 1. The fourth-order valence-corrected chi connectivity index (χ4v) is 4.48. The Hall–Kier alpha value is -4.44. The van der Waals surface area contributed by atoms with Crippen molar-refractivity contribution in [2.45, 2.75) is 20.0 Å². The first-order valence-corrected chi connectivity index (χ1v) is 12.9. The maximum absolute atomic E-state index is 13.6. The second-order valence-corrected chi connectivity index (χ2v) is 9.73. The molecule has 0 radical (unpaired) electrons. The van der Waals surface area contributed by atoms with Crippen LogP contribution in [0.15, 0.2) is 85.5 Å². The normalized spacial score (nSPS) is 11.5. The van der Waals surface area contributed by atoms with Crippen LogP contribution >= 0.6 is 15.9 Å². The van der Waals surface area contributed by atoms with Crippen LogP contribution < -0.4 is 15.0 Å². The molecule has 0 amide bonds. The minimum atomic E-state index is -0.528. The van der Waals surface area contributed by atoms with Gasteiger partial charge in [0.05, 0.1) is 30.3 Å². The molecule has 9 nitrogen and oxygen atoms in total. The Morgan fingerprint density at radius 3 is 2.67 bits per heavy atom. The summed E-state index contributed by atoms with van der Waals surface area (Å²) < 4.78 is 24.3. The molecule has 3 aromatic carbocycles. The molecule has 198 valence electrons. The Kier molecular flexibility index (Phi) is 7.47. The molecule has 0 bridgehead atoms. The van der Waals surface area contributed by atoms with Crippen molar-refractivity contribution in [1.82, 2.24) is 9.66 Å². The Bertz CT molecular complexity index is 1740. The van der Waals surface area contributed by atoms with Crippen molar-refractivity contribution in [2.75, 3.05) is 13.7 Å². The van der Waals surface area contributed by atoms with E-state index in [1.165, 1.54) is 18.0 Å². The summed E-state index contributed by atoms with van der Waals surface area (Å²) in [6.45, 7) is 3.18. The van der Waals surface area contributed by atoms with Crippen LogP contribution in [-0.2, 0) is 9.53 Å². The van der Waals surface area contributed by atoms with Crippen LogP contribution in [0.2, 0.25) is 0 Å². The summed E-state index contributed by atoms with van der Waals surface area (Å²) in [4.78, 5) is 30.4. The molecule has 39 heavy (non-hydrogen) atoms. The summed E-state index contributed by atoms with van der Waals surface area (Å²) in [6, 6.07) is 19.8. The largest absolute Gasteiger partial charge is 0.493 e. The number of nitrogens with zero attached hydrogens (tertiary/aromatic N) is 3. The number of fused-ring (bicyclic) bond motifs is 2. The summed E-state index contributed by atoms with van der Waals surface area (Å²) in [5.41, 5.74) is 1.25. The van der Waals surface area contributed by atoms with Crippen molar-refractivity contribution in [3.8, 4) is 23.1 Å². The predicted molar refractivity (Wildman–Crippen MR) is 152 cm³/mol. The molecule has 0 saturated heterocycles. The Morgan fingerprint density at radius 2 is 1.90 bits per heavy atom. The lowest BCUT2D eigenvalue weighted by Gasteiger charge is -2.14. The summed E-state index contributed by atoms with van der Waals surface area (Å²) in [6.07, 6.45) is 1.17. The lowest BCUT2D eigenvalue weighted by atomic mass is 10.2. The van der Waals surface area contributed by atoms with E-state index in [1.807, 2.05) is 36.4 Å². The number of para-hydroxylation sites is 2. The van der Waals surface area contributed by atoms with Crippen LogP contribution in [-0.4, -0.2) is 41.7 Å². The molecule has 0 aliphatic rings. The molecule has 0 spiro atoms. The molecule has 0 unspecified atom stereocenters. The van der Waals surface area contributed by atoms with E-state index in [0.29, 0.717) is 38.0 Å². The van der Waals surface area contributed by atoms with E-state index in [9.17, 15) is 9.59 Å². The van der Waals surface area contributed by atoms with Crippen molar-refractivity contribution in [3.05, 3.63) is 87.1 Å². The first-order valence-electron chi connectivity index (χ1n) is 12.1. The topological polar surface area (TPSA) is 105 Å². The Labute approximate surface area is 231 Å². The average Bonchev–Trinajstić information content (AvgIpc) is 3.35. The quantitative estimate of drug-likeness (QED) is 0.166. The van der Waals surface area contributed by atoms with Crippen LogP contribution in [0.5, 0.6) is 11.5 Å². The van der Waals surface area contributed by atoms with Crippen molar-refractivity contribution in [3.63, 3.8) is 0 Å². The zero-order valence-electron chi connectivity index (χ0n) is 21.4. The molecule has 5 rings (SSSR count). The third kappa shape index (κ3) is 5.56. The number of hydrogen-bond donors (Lipinski definition) is 0. The third-order valence-electron chi connectivity index (χ3n) is 5.68. The predicted octanol–water partition coefficient (Wildman–Crippen LogP) is 5.79. The van der Waals surface area contributed by atoms with Gasteiger partial charge in [-0.25, -0.2) is 9.78 Å². The number of furan rings is 1. The summed E-state index contributed by atoms with van der Waals surface area (Å²) in [5, 5.41) is 5.77. The van der Waals surface area contributed by atoms with Crippen molar-refractivity contribution in [1.29, 1.82) is 0 Å². The second kappa shape index (κ2) is 11.1. The number of benzene rings is 3. The van der Waals surface area contributed by atoms with Gasteiger partial charge in [-0.1, -0.05) is 46.3 Å². The van der Waals surface area contributed by atoms with Gasteiger partial charge in [0.15, 0.2) is 23.9 Å². The lowest BCUT2D eigenvalue weighted by Crippen LogP contribution is -2.20. The molecular weight excluding hydrogens is 566 g/mol. The van der Waals surface area contributed by atoms with Gasteiger partial charge >= 0.3 is 5.97 Å². The maximum atomic E-state index is 13.6. The number of hydrogen-bond acceptors (Lipinski definition) is 8. The third-order valence-corrected chi connectivity index (χ3v) is 6.14. The number of aromatic nitrogens is 2. The zero-order valence-corrected chi connectivity index (χ0v) is 23.0. The Balaban J connectivity index is 1.63. The fourth-order valence-electron chi connectivity index (χ4n) is 4.02. The monoisotopic (exact) mass is 589 g/mol. The van der Waals surface area contributed by atoms with Gasteiger partial charge in [-0.3, -0.25) is 4.79 Å². The molecule has 5 aromatic rings. The number of carbonyl (C=O) groups excluding carboxylic acids is 1. The first kappa shape index (κ1) is 26.2. The zero-order chi connectivity index (χ0) is 27.5. The van der Waals surface area contributed by atoms with Gasteiger partial charge in [0.2, 0.25) is 5.82 Å². The van der Waals surface area contributed by atoms with Crippen LogP contribution in [0.25, 0.3) is 33.5 Å². The molecule has 10 heteroatoms. The lowest BCUT2D eigenvalue weighted by molar-refractivity contribution is -0.149. The summed E-state index contributed by atoms with van der Waals surface area (Å²) in [5.74, 6) is 0.717. The maximum Gasteiger partial charge on any atom is 0.344 e. The molecule has 0 atom stereocenters. The molecular formula is C29H24BrN3O6. The number of rotatable bonds is 8. The van der Waals surface area contributed by atoms with E-state index in [2.05, 4.69) is 21.0 Å². The van der Waals surface area contributed by atoms with Gasteiger partial charge in [0, 0.05) is 15.4 Å². The highest BCUT2D eigenvalue weighted by atomic mass is 79.9. The van der Waals surface area contributed by atoms with E-state index in [1.54, 1.807) is 44.2 Å². The minimum Gasteiger partial charge on any atom is -0.493 e. The standard InChI is InChI=1S/C29H24BrN3O6/c1-17(2)38-26(34)16-37-27-19(12-20(30)14-24(27)36-3)15-31-33-28(25-13-18-8-4-7-11-23(18)39-25)32-22-10-6-5-9-21(22)29(33)35/h4-15,17H,16H2,1-3H3. The highest BCUT2D eigenvalue weighted by Crippen LogP contribution is 2.34. The van der Waals surface area contributed by atoms with Gasteiger partial charge in [0.1, 0.15) is 5.58 Å². The number of halogens is 1. The molecule has 0 saturated carbocycles. The van der Waals surface area contributed by atoms with Gasteiger partial charge in [-0.2, -0.15) is 9.78 Å². The Morgan fingerprint density at radius 1 is 1.13 bits per heavy atom. The molecule has 0 fully saturated rings. The van der Waals surface area contributed by atoms with E-state index in [4.69, 9.17) is 23.6 Å². The number of ether oxygens (including phenoxy) is 3. The van der Waals surface area contributed by atoms with Crippen molar-refractivity contribution >= 4 is 50.0 Å². The highest BCUT2D eigenvalue weighted by molar-refractivity contribution is 9.10.